The third-order valence-electron chi connectivity index (χ3n) is 5.60. The molecule has 2 heterocycles. The van der Waals surface area contributed by atoms with Gasteiger partial charge < -0.3 is 14.6 Å². The first kappa shape index (κ1) is 20.4. The zero-order valence-electron chi connectivity index (χ0n) is 17.3. The molecule has 0 bridgehead atoms. The number of methoxy groups -OCH3 is 1. The monoisotopic (exact) mass is 404 g/mol. The molecule has 30 heavy (non-hydrogen) atoms. The first-order valence-electron chi connectivity index (χ1n) is 10.3. The summed E-state index contributed by atoms with van der Waals surface area (Å²) in [5, 5.41) is 10.5. The Morgan fingerprint density at radius 2 is 1.73 bits per heavy atom. The van der Waals surface area contributed by atoms with Crippen LogP contribution in [-0.4, -0.2) is 41.3 Å². The van der Waals surface area contributed by atoms with E-state index < -0.39 is 0 Å². The molecule has 4 rings (SSSR count). The van der Waals surface area contributed by atoms with Crippen LogP contribution in [0.1, 0.15) is 16.7 Å². The van der Waals surface area contributed by atoms with Crippen LogP contribution in [0.4, 0.5) is 0 Å². The molecule has 2 aromatic carbocycles. The normalized spacial score (nSPS) is 19.0. The Labute approximate surface area is 177 Å². The standard InChI is InChI=1S/C25H28N2O3/c1-29-25-14-21(7-8-24(25)30-18-20-5-3-2-4-6-20)15-27-16-22(23(28)17-27)13-19-9-11-26-12-10-19/h2-12,14,22-23,28H,13,15-18H2,1H3/t22-,23-/m1/s1. The van der Waals surface area contributed by atoms with Crippen molar-refractivity contribution in [2.24, 2.45) is 5.92 Å². The molecule has 0 aliphatic carbocycles. The van der Waals surface area contributed by atoms with Gasteiger partial charge >= 0.3 is 0 Å². The van der Waals surface area contributed by atoms with Gasteiger partial charge in [0.05, 0.1) is 13.2 Å². The average Bonchev–Trinajstić information content (AvgIpc) is 3.12. The summed E-state index contributed by atoms with van der Waals surface area (Å²) < 4.78 is 11.5. The zero-order valence-corrected chi connectivity index (χ0v) is 17.3. The molecule has 1 N–H and O–H groups in total. The summed E-state index contributed by atoms with van der Waals surface area (Å²) in [7, 11) is 1.67. The van der Waals surface area contributed by atoms with Crippen molar-refractivity contribution in [1.29, 1.82) is 0 Å². The zero-order chi connectivity index (χ0) is 20.8. The predicted octanol–water partition coefficient (Wildman–Crippen LogP) is 3.70. The van der Waals surface area contributed by atoms with Crippen molar-refractivity contribution in [3.8, 4) is 11.5 Å². The van der Waals surface area contributed by atoms with Gasteiger partial charge in [-0.3, -0.25) is 9.88 Å². The van der Waals surface area contributed by atoms with Crippen molar-refractivity contribution in [3.63, 3.8) is 0 Å². The van der Waals surface area contributed by atoms with Gasteiger partial charge in [-0.2, -0.15) is 0 Å². The molecule has 0 unspecified atom stereocenters. The molecule has 1 aliphatic rings. The number of nitrogens with zero attached hydrogens (tertiary/aromatic N) is 2. The Bertz CT molecular complexity index is 934. The minimum absolute atomic E-state index is 0.239. The maximum absolute atomic E-state index is 10.5. The fourth-order valence-corrected chi connectivity index (χ4v) is 4.02. The van der Waals surface area contributed by atoms with Crippen molar-refractivity contribution in [2.75, 3.05) is 20.2 Å². The molecule has 0 spiro atoms. The van der Waals surface area contributed by atoms with Crippen LogP contribution in [0.3, 0.4) is 0 Å². The summed E-state index contributed by atoms with van der Waals surface area (Å²) >= 11 is 0. The highest BCUT2D eigenvalue weighted by Gasteiger charge is 2.31. The molecule has 0 radical (unpaired) electrons. The third-order valence-corrected chi connectivity index (χ3v) is 5.60. The van der Waals surface area contributed by atoms with Gasteiger partial charge in [-0.1, -0.05) is 36.4 Å². The Morgan fingerprint density at radius 1 is 0.933 bits per heavy atom. The van der Waals surface area contributed by atoms with Gasteiger partial charge in [0.2, 0.25) is 0 Å². The number of pyridine rings is 1. The number of aliphatic hydroxyl groups excluding tert-OH is 1. The van der Waals surface area contributed by atoms with Gasteiger partial charge in [0.1, 0.15) is 6.61 Å². The fraction of sp³-hybridized carbons (Fsp3) is 0.320. The van der Waals surface area contributed by atoms with Gasteiger partial charge in [-0.15, -0.1) is 0 Å². The fourth-order valence-electron chi connectivity index (χ4n) is 4.02. The van der Waals surface area contributed by atoms with Gasteiger partial charge in [-0.05, 0) is 47.4 Å². The number of rotatable bonds is 8. The number of aromatic nitrogens is 1. The largest absolute Gasteiger partial charge is 0.493 e. The number of aliphatic hydroxyl groups is 1. The van der Waals surface area contributed by atoms with Gasteiger partial charge in [0.15, 0.2) is 11.5 Å². The molecule has 5 heteroatoms. The lowest BCUT2D eigenvalue weighted by Crippen LogP contribution is -2.21. The highest BCUT2D eigenvalue weighted by molar-refractivity contribution is 5.43. The number of hydrogen-bond donors (Lipinski definition) is 1. The summed E-state index contributed by atoms with van der Waals surface area (Å²) in [6.45, 7) is 2.84. The van der Waals surface area contributed by atoms with Crippen LogP contribution >= 0.6 is 0 Å². The quantitative estimate of drug-likeness (QED) is 0.620. The highest BCUT2D eigenvalue weighted by atomic mass is 16.5. The van der Waals surface area contributed by atoms with E-state index in [0.29, 0.717) is 13.2 Å². The van der Waals surface area contributed by atoms with E-state index in [1.165, 1.54) is 5.56 Å². The number of likely N-dealkylation sites (tertiary alicyclic amines) is 1. The van der Waals surface area contributed by atoms with E-state index in [9.17, 15) is 5.11 Å². The van der Waals surface area contributed by atoms with Gasteiger partial charge in [0, 0.05) is 37.9 Å². The summed E-state index contributed by atoms with van der Waals surface area (Å²) in [6.07, 6.45) is 4.17. The molecular weight excluding hydrogens is 376 g/mol. The highest BCUT2D eigenvalue weighted by Crippen LogP contribution is 2.30. The topological polar surface area (TPSA) is 54.8 Å². The lowest BCUT2D eigenvalue weighted by Gasteiger charge is -2.17. The molecule has 1 aliphatic heterocycles. The van der Waals surface area contributed by atoms with E-state index in [4.69, 9.17) is 9.47 Å². The molecule has 1 aromatic heterocycles. The van der Waals surface area contributed by atoms with E-state index >= 15 is 0 Å². The number of ether oxygens (including phenoxy) is 2. The van der Waals surface area contributed by atoms with Crippen molar-refractivity contribution < 1.29 is 14.6 Å². The van der Waals surface area contributed by atoms with E-state index in [1.807, 2.05) is 67.0 Å². The molecule has 1 saturated heterocycles. The smallest absolute Gasteiger partial charge is 0.161 e. The van der Waals surface area contributed by atoms with Crippen LogP contribution in [0.25, 0.3) is 0 Å². The maximum Gasteiger partial charge on any atom is 0.161 e. The Hall–Kier alpha value is -2.89. The lowest BCUT2D eigenvalue weighted by molar-refractivity contribution is 0.141. The third kappa shape index (κ3) is 5.17. The molecule has 1 fully saturated rings. The van der Waals surface area contributed by atoms with Crippen LogP contribution in [0.5, 0.6) is 11.5 Å². The van der Waals surface area contributed by atoms with Crippen molar-refractivity contribution in [1.82, 2.24) is 9.88 Å². The van der Waals surface area contributed by atoms with E-state index in [-0.39, 0.29) is 12.0 Å². The van der Waals surface area contributed by atoms with Crippen LogP contribution in [0, 0.1) is 5.92 Å². The second-order valence-corrected chi connectivity index (χ2v) is 7.84. The minimum Gasteiger partial charge on any atom is -0.493 e. The summed E-state index contributed by atoms with van der Waals surface area (Å²) in [6, 6.07) is 20.2. The minimum atomic E-state index is -0.312. The Morgan fingerprint density at radius 3 is 2.50 bits per heavy atom. The van der Waals surface area contributed by atoms with Crippen LogP contribution in [-0.2, 0) is 19.6 Å². The molecule has 3 aromatic rings. The summed E-state index contributed by atoms with van der Waals surface area (Å²) in [5.41, 5.74) is 3.49. The van der Waals surface area contributed by atoms with Crippen LogP contribution in [0.15, 0.2) is 73.1 Å². The summed E-state index contributed by atoms with van der Waals surface area (Å²) in [4.78, 5) is 6.37. The van der Waals surface area contributed by atoms with Crippen LogP contribution in [0.2, 0.25) is 0 Å². The van der Waals surface area contributed by atoms with E-state index in [0.717, 1.165) is 42.1 Å². The Kier molecular flexibility index (Phi) is 6.62. The predicted molar refractivity (Wildman–Crippen MR) is 116 cm³/mol. The van der Waals surface area contributed by atoms with E-state index in [2.05, 4.69) is 16.0 Å². The molecule has 5 nitrogen and oxygen atoms in total. The van der Waals surface area contributed by atoms with E-state index in [1.54, 1.807) is 7.11 Å². The maximum atomic E-state index is 10.5. The van der Waals surface area contributed by atoms with Gasteiger partial charge in [0.25, 0.3) is 0 Å². The van der Waals surface area contributed by atoms with Crippen molar-refractivity contribution in [3.05, 3.63) is 89.7 Å². The second-order valence-electron chi connectivity index (χ2n) is 7.84. The molecule has 156 valence electrons. The second kappa shape index (κ2) is 9.74. The number of β-amino-alcohol motifs (C(OH)–C–C–N with tert-alkyl or cyclic N) is 1. The lowest BCUT2D eigenvalue weighted by atomic mass is 9.97. The van der Waals surface area contributed by atoms with Crippen molar-refractivity contribution >= 4 is 0 Å². The van der Waals surface area contributed by atoms with Crippen LogP contribution < -0.4 is 9.47 Å². The SMILES string of the molecule is COc1cc(CN2C[C@@H](Cc3ccncc3)[C@H](O)C2)ccc1OCc1ccccc1. The first-order valence-corrected chi connectivity index (χ1v) is 10.3. The molecule has 2 atom stereocenters. The van der Waals surface area contributed by atoms with Crippen molar-refractivity contribution in [2.45, 2.75) is 25.7 Å². The Balaban J connectivity index is 1.36. The molecule has 0 saturated carbocycles. The first-order chi connectivity index (χ1) is 14.7. The number of benzene rings is 2. The number of hydrogen-bond acceptors (Lipinski definition) is 5. The average molecular weight is 405 g/mol. The summed E-state index contributed by atoms with van der Waals surface area (Å²) in [5.74, 6) is 1.71. The molecule has 0 amide bonds. The van der Waals surface area contributed by atoms with Gasteiger partial charge in [-0.25, -0.2) is 0 Å². The molecular formula is C25H28N2O3.